The van der Waals surface area contributed by atoms with Crippen LogP contribution in [0, 0.1) is 0 Å². The molecule has 132 valence electrons. The molecule has 1 aromatic carbocycles. The van der Waals surface area contributed by atoms with Gasteiger partial charge in [-0.05, 0) is 42.3 Å². The predicted octanol–water partition coefficient (Wildman–Crippen LogP) is 1.56. The van der Waals surface area contributed by atoms with Gasteiger partial charge in [-0.1, -0.05) is 12.1 Å². The van der Waals surface area contributed by atoms with E-state index in [0.717, 1.165) is 0 Å². The third-order valence-electron chi connectivity index (χ3n) is 3.29. The molecule has 1 heterocycles. The molecule has 0 atom stereocenters. The molecule has 0 unspecified atom stereocenters. The summed E-state index contributed by atoms with van der Waals surface area (Å²) in [6, 6.07) is 10.1. The lowest BCUT2D eigenvalue weighted by Crippen LogP contribution is -2.35. The highest BCUT2D eigenvalue weighted by atomic mass is 16.5. The quantitative estimate of drug-likeness (QED) is 0.498. The molecule has 25 heavy (non-hydrogen) atoms. The van der Waals surface area contributed by atoms with E-state index < -0.39 is 11.8 Å². The van der Waals surface area contributed by atoms with Crippen LogP contribution in [0.15, 0.2) is 52.8 Å². The summed E-state index contributed by atoms with van der Waals surface area (Å²) in [5.74, 6) is -0.194. The summed E-state index contributed by atoms with van der Waals surface area (Å²) in [5, 5.41) is 14.0. The number of furan rings is 1. The van der Waals surface area contributed by atoms with Gasteiger partial charge >= 0.3 is 0 Å². The summed E-state index contributed by atoms with van der Waals surface area (Å²) in [6.45, 7) is 0.266. The third-order valence-corrected chi connectivity index (χ3v) is 3.29. The van der Waals surface area contributed by atoms with Gasteiger partial charge in [0, 0.05) is 13.2 Å². The largest absolute Gasteiger partial charge is 0.497 e. The first-order valence-corrected chi connectivity index (χ1v) is 7.73. The van der Waals surface area contributed by atoms with E-state index in [1.54, 1.807) is 43.5 Å². The van der Waals surface area contributed by atoms with Gasteiger partial charge in [0.25, 0.3) is 11.8 Å². The molecule has 0 bridgehead atoms. The zero-order valence-electron chi connectivity index (χ0n) is 13.8. The second kappa shape index (κ2) is 9.29. The van der Waals surface area contributed by atoms with Crippen molar-refractivity contribution >= 4 is 17.9 Å². The normalized spacial score (nSPS) is 11.0. The van der Waals surface area contributed by atoms with E-state index in [2.05, 4.69) is 10.6 Å². The van der Waals surface area contributed by atoms with Crippen molar-refractivity contribution in [3.63, 3.8) is 0 Å². The van der Waals surface area contributed by atoms with Crippen LogP contribution in [0.5, 0.6) is 5.75 Å². The Morgan fingerprint density at radius 1 is 1.24 bits per heavy atom. The number of nitrogens with one attached hydrogen (secondary N) is 2. The van der Waals surface area contributed by atoms with Crippen molar-refractivity contribution in [1.82, 2.24) is 10.6 Å². The Hall–Kier alpha value is -3.06. The molecule has 0 fully saturated rings. The molecule has 2 rings (SSSR count). The second-order valence-electron chi connectivity index (χ2n) is 5.10. The van der Waals surface area contributed by atoms with Gasteiger partial charge in [-0.3, -0.25) is 9.59 Å². The van der Waals surface area contributed by atoms with Crippen molar-refractivity contribution in [3.05, 3.63) is 59.7 Å². The van der Waals surface area contributed by atoms with Crippen LogP contribution in [-0.2, 0) is 4.79 Å². The number of methoxy groups -OCH3 is 1. The second-order valence-corrected chi connectivity index (χ2v) is 5.10. The van der Waals surface area contributed by atoms with Crippen molar-refractivity contribution < 1.29 is 23.8 Å². The number of aliphatic hydroxyl groups is 1. The molecule has 0 aliphatic carbocycles. The number of ether oxygens (including phenoxy) is 1. The van der Waals surface area contributed by atoms with Crippen molar-refractivity contribution in [1.29, 1.82) is 0 Å². The van der Waals surface area contributed by atoms with E-state index >= 15 is 0 Å². The molecule has 0 spiro atoms. The Balaban J connectivity index is 2.18. The van der Waals surface area contributed by atoms with Crippen molar-refractivity contribution in [2.45, 2.75) is 6.42 Å². The van der Waals surface area contributed by atoms with Gasteiger partial charge < -0.3 is 24.9 Å². The average Bonchev–Trinajstić information content (AvgIpc) is 3.16. The number of carbonyl (C=O) groups excluding carboxylic acids is 2. The Bertz CT molecular complexity index is 720. The van der Waals surface area contributed by atoms with Gasteiger partial charge in [-0.2, -0.15) is 0 Å². The highest BCUT2D eigenvalue weighted by Gasteiger charge is 2.16. The number of amides is 2. The van der Waals surface area contributed by atoms with E-state index in [-0.39, 0.29) is 18.1 Å². The lowest BCUT2D eigenvalue weighted by Gasteiger charge is -2.10. The maximum absolute atomic E-state index is 12.3. The zero-order chi connectivity index (χ0) is 18.1. The molecular formula is C18H20N2O5. The summed E-state index contributed by atoms with van der Waals surface area (Å²) in [7, 11) is 1.56. The first-order valence-electron chi connectivity index (χ1n) is 7.73. The lowest BCUT2D eigenvalue weighted by atomic mass is 10.1. The standard InChI is InChI=1S/C18H20N2O5/c1-24-14-7-5-13(6-8-14)12-15(17(22)19-9-3-10-21)20-18(23)16-4-2-11-25-16/h2,4-8,11-12,21H,3,9-10H2,1H3,(H,19,22)(H,20,23)/b15-12+. The molecular weight excluding hydrogens is 324 g/mol. The first kappa shape index (κ1) is 18.3. The van der Waals surface area contributed by atoms with Crippen LogP contribution in [-0.4, -0.2) is 37.2 Å². The molecule has 7 heteroatoms. The van der Waals surface area contributed by atoms with E-state index in [0.29, 0.717) is 24.3 Å². The number of benzene rings is 1. The van der Waals surface area contributed by atoms with Gasteiger partial charge in [0.05, 0.1) is 13.4 Å². The van der Waals surface area contributed by atoms with Gasteiger partial charge in [0.1, 0.15) is 11.4 Å². The minimum atomic E-state index is -0.526. The number of carbonyl (C=O) groups is 2. The monoisotopic (exact) mass is 344 g/mol. The minimum absolute atomic E-state index is 0.0312. The molecule has 0 saturated carbocycles. The fourth-order valence-electron chi connectivity index (χ4n) is 1.99. The Kier molecular flexibility index (Phi) is 6.79. The van der Waals surface area contributed by atoms with Gasteiger partial charge in [-0.15, -0.1) is 0 Å². The lowest BCUT2D eigenvalue weighted by molar-refractivity contribution is -0.117. The summed E-state index contributed by atoms with van der Waals surface area (Å²) in [5.41, 5.74) is 0.789. The molecule has 0 aliphatic heterocycles. The van der Waals surface area contributed by atoms with Crippen LogP contribution >= 0.6 is 0 Å². The SMILES string of the molecule is COc1ccc(/C=C(/NC(=O)c2ccco2)C(=O)NCCCO)cc1. The highest BCUT2D eigenvalue weighted by molar-refractivity contribution is 6.04. The zero-order valence-corrected chi connectivity index (χ0v) is 13.8. The number of rotatable bonds is 8. The van der Waals surface area contributed by atoms with Crippen LogP contribution in [0.4, 0.5) is 0 Å². The Labute approximate surface area is 145 Å². The smallest absolute Gasteiger partial charge is 0.291 e. The molecule has 3 N–H and O–H groups in total. The number of aliphatic hydroxyl groups excluding tert-OH is 1. The molecule has 1 aromatic heterocycles. The number of hydrogen-bond donors (Lipinski definition) is 3. The van der Waals surface area contributed by atoms with Crippen LogP contribution < -0.4 is 15.4 Å². The van der Waals surface area contributed by atoms with Crippen molar-refractivity contribution in [2.75, 3.05) is 20.3 Å². The molecule has 0 saturated heterocycles. The minimum Gasteiger partial charge on any atom is -0.497 e. The first-order chi connectivity index (χ1) is 12.1. The Morgan fingerprint density at radius 2 is 2.00 bits per heavy atom. The molecule has 2 amide bonds. The average molecular weight is 344 g/mol. The fraction of sp³-hybridized carbons (Fsp3) is 0.222. The van der Waals surface area contributed by atoms with Gasteiger partial charge in [0.2, 0.25) is 0 Å². The molecule has 0 aliphatic rings. The van der Waals surface area contributed by atoms with Crippen molar-refractivity contribution in [2.24, 2.45) is 0 Å². The summed E-state index contributed by atoms with van der Waals surface area (Å²) < 4.78 is 10.1. The highest BCUT2D eigenvalue weighted by Crippen LogP contribution is 2.14. The van der Waals surface area contributed by atoms with Gasteiger partial charge in [-0.25, -0.2) is 0 Å². The predicted molar refractivity (Wildman–Crippen MR) is 91.9 cm³/mol. The molecule has 2 aromatic rings. The van der Waals surface area contributed by atoms with Crippen LogP contribution in [0.1, 0.15) is 22.5 Å². The van der Waals surface area contributed by atoms with E-state index in [1.165, 1.54) is 12.3 Å². The fourth-order valence-corrected chi connectivity index (χ4v) is 1.99. The summed E-state index contributed by atoms with van der Waals surface area (Å²) in [6.07, 6.45) is 3.35. The van der Waals surface area contributed by atoms with Gasteiger partial charge in [0.15, 0.2) is 5.76 Å². The third kappa shape index (κ3) is 5.50. The topological polar surface area (TPSA) is 101 Å². The molecule has 7 nitrogen and oxygen atoms in total. The summed E-state index contributed by atoms with van der Waals surface area (Å²) >= 11 is 0. The van der Waals surface area contributed by atoms with Crippen LogP contribution in [0.3, 0.4) is 0 Å². The van der Waals surface area contributed by atoms with Crippen LogP contribution in [0.25, 0.3) is 6.08 Å². The molecule has 0 radical (unpaired) electrons. The van der Waals surface area contributed by atoms with E-state index in [4.69, 9.17) is 14.3 Å². The maximum Gasteiger partial charge on any atom is 0.291 e. The maximum atomic E-state index is 12.3. The van der Waals surface area contributed by atoms with Crippen LogP contribution in [0.2, 0.25) is 0 Å². The van der Waals surface area contributed by atoms with E-state index in [1.807, 2.05) is 0 Å². The Morgan fingerprint density at radius 3 is 2.60 bits per heavy atom. The van der Waals surface area contributed by atoms with E-state index in [9.17, 15) is 9.59 Å². The summed E-state index contributed by atoms with van der Waals surface area (Å²) in [4.78, 5) is 24.5. The number of hydrogen-bond acceptors (Lipinski definition) is 5. The van der Waals surface area contributed by atoms with Crippen molar-refractivity contribution in [3.8, 4) is 5.75 Å².